The van der Waals surface area contributed by atoms with E-state index >= 15 is 0 Å². The lowest BCUT2D eigenvalue weighted by atomic mass is 10.1. The lowest BCUT2D eigenvalue weighted by Crippen LogP contribution is -1.94. The molecule has 0 saturated heterocycles. The predicted octanol–water partition coefficient (Wildman–Crippen LogP) is 1.56. The highest BCUT2D eigenvalue weighted by Gasteiger charge is 2.06. The summed E-state index contributed by atoms with van der Waals surface area (Å²) in [5, 5.41) is 4.16. The van der Waals surface area contributed by atoms with Gasteiger partial charge in [0.15, 0.2) is 5.65 Å². The van der Waals surface area contributed by atoms with E-state index in [4.69, 9.17) is 11.5 Å². The molecular weight excluding hydrogens is 214 g/mol. The third-order valence-corrected chi connectivity index (χ3v) is 2.58. The summed E-state index contributed by atoms with van der Waals surface area (Å²) >= 11 is 0. The smallest absolute Gasteiger partial charge is 0.240 e. The normalized spacial score (nSPS) is 10.8. The number of aromatic nitrogens is 3. The van der Waals surface area contributed by atoms with Crippen molar-refractivity contribution in [2.45, 2.75) is 0 Å². The van der Waals surface area contributed by atoms with Gasteiger partial charge in [0.1, 0.15) is 0 Å². The zero-order valence-corrected chi connectivity index (χ0v) is 9.04. The van der Waals surface area contributed by atoms with Crippen molar-refractivity contribution in [1.29, 1.82) is 0 Å². The van der Waals surface area contributed by atoms with Crippen LogP contribution in [0.2, 0.25) is 0 Å². The van der Waals surface area contributed by atoms with Gasteiger partial charge in [-0.05, 0) is 24.3 Å². The van der Waals surface area contributed by atoms with E-state index in [9.17, 15) is 0 Å². The van der Waals surface area contributed by atoms with Gasteiger partial charge in [-0.15, -0.1) is 5.10 Å². The monoisotopic (exact) mass is 225 g/mol. The Hall–Kier alpha value is -2.56. The number of rotatable bonds is 1. The number of anilines is 2. The SMILES string of the molecule is Nc1ccc(-c2cccc3nc(N)nn23)cc1. The van der Waals surface area contributed by atoms with Gasteiger partial charge in [-0.2, -0.15) is 4.98 Å². The van der Waals surface area contributed by atoms with Gasteiger partial charge in [0, 0.05) is 11.3 Å². The van der Waals surface area contributed by atoms with Crippen LogP contribution in [-0.4, -0.2) is 14.6 Å². The van der Waals surface area contributed by atoms with Crippen molar-refractivity contribution >= 4 is 17.3 Å². The largest absolute Gasteiger partial charge is 0.399 e. The molecule has 4 N–H and O–H groups in total. The van der Waals surface area contributed by atoms with E-state index in [1.54, 1.807) is 4.52 Å². The Morgan fingerprint density at radius 1 is 0.941 bits per heavy atom. The number of pyridine rings is 1. The standard InChI is InChI=1S/C12H11N5/c13-9-6-4-8(5-7-9)10-2-1-3-11-15-12(14)16-17(10)11/h1-7H,13H2,(H2,14,16). The van der Waals surface area contributed by atoms with Crippen LogP contribution in [0.3, 0.4) is 0 Å². The number of nitrogens with zero attached hydrogens (tertiary/aromatic N) is 3. The van der Waals surface area contributed by atoms with Gasteiger partial charge in [-0.3, -0.25) is 0 Å². The quantitative estimate of drug-likeness (QED) is 0.616. The average Bonchev–Trinajstić information content (AvgIpc) is 2.70. The maximum atomic E-state index is 5.67. The molecule has 0 fully saturated rings. The summed E-state index contributed by atoms with van der Waals surface area (Å²) in [5.74, 6) is 0.271. The first-order valence-electron chi connectivity index (χ1n) is 5.21. The third kappa shape index (κ3) is 1.57. The molecule has 2 heterocycles. The Bertz CT molecular complexity index is 669. The number of hydrogen-bond acceptors (Lipinski definition) is 4. The Morgan fingerprint density at radius 3 is 2.47 bits per heavy atom. The first-order valence-corrected chi connectivity index (χ1v) is 5.21. The summed E-state index contributed by atoms with van der Waals surface area (Å²) in [6.07, 6.45) is 0. The fourth-order valence-corrected chi connectivity index (χ4v) is 1.79. The molecule has 0 amide bonds. The molecule has 0 aliphatic rings. The van der Waals surface area contributed by atoms with Crippen LogP contribution in [0.25, 0.3) is 16.9 Å². The van der Waals surface area contributed by atoms with Gasteiger partial charge in [-0.1, -0.05) is 18.2 Å². The molecule has 0 radical (unpaired) electrons. The molecule has 3 rings (SSSR count). The minimum atomic E-state index is 0.271. The summed E-state index contributed by atoms with van der Waals surface area (Å²) in [7, 11) is 0. The maximum absolute atomic E-state index is 5.67. The minimum Gasteiger partial charge on any atom is -0.399 e. The first kappa shape index (κ1) is 9.65. The van der Waals surface area contributed by atoms with Crippen LogP contribution in [0, 0.1) is 0 Å². The van der Waals surface area contributed by atoms with Gasteiger partial charge in [0.25, 0.3) is 0 Å². The summed E-state index contributed by atoms with van der Waals surface area (Å²) in [6, 6.07) is 13.4. The Labute approximate surface area is 97.7 Å². The van der Waals surface area contributed by atoms with Gasteiger partial charge in [0.2, 0.25) is 5.95 Å². The molecule has 84 valence electrons. The van der Waals surface area contributed by atoms with Crippen LogP contribution in [0.15, 0.2) is 42.5 Å². The van der Waals surface area contributed by atoms with E-state index in [2.05, 4.69) is 10.1 Å². The fraction of sp³-hybridized carbons (Fsp3) is 0. The molecule has 17 heavy (non-hydrogen) atoms. The van der Waals surface area contributed by atoms with Crippen molar-refractivity contribution in [2.75, 3.05) is 11.5 Å². The van der Waals surface area contributed by atoms with Crippen molar-refractivity contribution in [3.63, 3.8) is 0 Å². The molecule has 5 heteroatoms. The number of fused-ring (bicyclic) bond motifs is 1. The molecule has 0 bridgehead atoms. The molecule has 3 aromatic rings. The van der Waals surface area contributed by atoms with E-state index in [0.29, 0.717) is 0 Å². The van der Waals surface area contributed by atoms with Crippen LogP contribution in [0.1, 0.15) is 0 Å². The Kier molecular flexibility index (Phi) is 1.98. The summed E-state index contributed by atoms with van der Waals surface area (Å²) < 4.78 is 1.72. The molecule has 0 aliphatic carbocycles. The zero-order valence-electron chi connectivity index (χ0n) is 9.04. The molecule has 5 nitrogen and oxygen atoms in total. The lowest BCUT2D eigenvalue weighted by Gasteiger charge is -2.04. The molecule has 2 aromatic heterocycles. The zero-order chi connectivity index (χ0) is 11.8. The van der Waals surface area contributed by atoms with E-state index in [1.165, 1.54) is 0 Å². The van der Waals surface area contributed by atoms with Crippen molar-refractivity contribution < 1.29 is 0 Å². The molecule has 0 atom stereocenters. The van der Waals surface area contributed by atoms with E-state index < -0.39 is 0 Å². The number of nitrogens with two attached hydrogens (primary N) is 2. The second-order valence-corrected chi connectivity index (χ2v) is 3.77. The van der Waals surface area contributed by atoms with Crippen molar-refractivity contribution in [1.82, 2.24) is 14.6 Å². The second kappa shape index (κ2) is 3.48. The topological polar surface area (TPSA) is 82.2 Å². The number of nitrogen functional groups attached to an aromatic ring is 2. The molecule has 0 spiro atoms. The molecule has 0 saturated carbocycles. The summed E-state index contributed by atoms with van der Waals surface area (Å²) in [4.78, 5) is 4.12. The highest BCUT2D eigenvalue weighted by atomic mass is 15.3. The predicted molar refractivity (Wildman–Crippen MR) is 67.2 cm³/mol. The van der Waals surface area contributed by atoms with Crippen LogP contribution in [-0.2, 0) is 0 Å². The van der Waals surface area contributed by atoms with Gasteiger partial charge in [-0.25, -0.2) is 4.52 Å². The molecule has 0 unspecified atom stereocenters. The van der Waals surface area contributed by atoms with Crippen molar-refractivity contribution in [3.8, 4) is 11.3 Å². The van der Waals surface area contributed by atoms with Crippen LogP contribution in [0.4, 0.5) is 11.6 Å². The summed E-state index contributed by atoms with van der Waals surface area (Å²) in [6.45, 7) is 0. The van der Waals surface area contributed by atoms with Crippen LogP contribution < -0.4 is 11.5 Å². The third-order valence-electron chi connectivity index (χ3n) is 2.58. The molecular formula is C12H11N5. The minimum absolute atomic E-state index is 0.271. The number of benzene rings is 1. The fourth-order valence-electron chi connectivity index (χ4n) is 1.79. The first-order chi connectivity index (χ1) is 8.24. The van der Waals surface area contributed by atoms with Crippen molar-refractivity contribution in [2.24, 2.45) is 0 Å². The Morgan fingerprint density at radius 2 is 1.71 bits per heavy atom. The number of hydrogen-bond donors (Lipinski definition) is 2. The molecule has 0 aliphatic heterocycles. The average molecular weight is 225 g/mol. The highest BCUT2D eigenvalue weighted by Crippen LogP contribution is 2.21. The highest BCUT2D eigenvalue weighted by molar-refractivity contribution is 5.65. The molecule has 1 aromatic carbocycles. The van der Waals surface area contributed by atoms with Gasteiger partial charge in [0.05, 0.1) is 5.69 Å². The van der Waals surface area contributed by atoms with Gasteiger partial charge >= 0.3 is 0 Å². The van der Waals surface area contributed by atoms with Gasteiger partial charge < -0.3 is 11.5 Å². The van der Waals surface area contributed by atoms with E-state index in [1.807, 2.05) is 42.5 Å². The lowest BCUT2D eigenvalue weighted by molar-refractivity contribution is 0.976. The van der Waals surface area contributed by atoms with Crippen LogP contribution in [0.5, 0.6) is 0 Å². The van der Waals surface area contributed by atoms with E-state index in [-0.39, 0.29) is 5.95 Å². The van der Waals surface area contributed by atoms with Crippen molar-refractivity contribution in [3.05, 3.63) is 42.5 Å². The second-order valence-electron chi connectivity index (χ2n) is 3.77. The Balaban J connectivity index is 2.26. The summed E-state index contributed by atoms with van der Waals surface area (Å²) in [5.41, 5.74) is 14.7. The van der Waals surface area contributed by atoms with Crippen LogP contribution >= 0.6 is 0 Å². The van der Waals surface area contributed by atoms with E-state index in [0.717, 1.165) is 22.6 Å². The maximum Gasteiger partial charge on any atom is 0.240 e.